The summed E-state index contributed by atoms with van der Waals surface area (Å²) in [6, 6.07) is 8.75. The van der Waals surface area contributed by atoms with Crippen LogP contribution in [0.1, 0.15) is 32.3 Å². The molecule has 2 rings (SSSR count). The normalized spacial score (nSPS) is 17.9. The first-order valence-corrected chi connectivity index (χ1v) is 6.72. The molecule has 0 atom stereocenters. The van der Waals surface area contributed by atoms with E-state index in [-0.39, 0.29) is 0 Å². The molecule has 0 aliphatic carbocycles. The summed E-state index contributed by atoms with van der Waals surface area (Å²) in [5.41, 5.74) is 3.41. The van der Waals surface area contributed by atoms with Crippen molar-refractivity contribution in [2.45, 2.75) is 33.2 Å². The molecule has 2 heteroatoms. The Morgan fingerprint density at radius 3 is 2.41 bits per heavy atom. The first-order chi connectivity index (χ1) is 8.24. The molecule has 0 saturated carbocycles. The molecule has 1 fully saturated rings. The van der Waals surface area contributed by atoms with Crippen molar-refractivity contribution in [3.05, 3.63) is 29.8 Å². The zero-order valence-corrected chi connectivity index (χ0v) is 11.3. The molecule has 1 aromatic rings. The molecule has 0 spiro atoms. The van der Waals surface area contributed by atoms with Crippen LogP contribution in [0.15, 0.2) is 24.3 Å². The third-order valence-electron chi connectivity index (χ3n) is 4.25. The van der Waals surface area contributed by atoms with E-state index in [1.54, 1.807) is 0 Å². The minimum absolute atomic E-state index is 0.576. The van der Waals surface area contributed by atoms with Gasteiger partial charge in [-0.15, -0.1) is 0 Å². The van der Waals surface area contributed by atoms with Gasteiger partial charge in [0, 0.05) is 30.7 Å². The Kier molecular flexibility index (Phi) is 3.72. The molecule has 1 N–H and O–H groups in total. The zero-order chi connectivity index (χ0) is 12.3. The Morgan fingerprint density at radius 1 is 1.18 bits per heavy atom. The molecule has 1 aromatic carbocycles. The first-order valence-electron chi connectivity index (χ1n) is 6.72. The molecule has 17 heavy (non-hydrogen) atoms. The summed E-state index contributed by atoms with van der Waals surface area (Å²) < 4.78 is 0. The van der Waals surface area contributed by atoms with Gasteiger partial charge in [-0.3, -0.25) is 0 Å². The summed E-state index contributed by atoms with van der Waals surface area (Å²) >= 11 is 0. The van der Waals surface area contributed by atoms with Gasteiger partial charge in [0.25, 0.3) is 0 Å². The molecule has 94 valence electrons. The van der Waals surface area contributed by atoms with E-state index in [1.807, 2.05) is 7.05 Å². The molecular formula is C15H24N2. The molecule has 0 unspecified atom stereocenters. The highest BCUT2D eigenvalue weighted by Gasteiger charge is 2.40. The third-order valence-corrected chi connectivity index (χ3v) is 4.25. The summed E-state index contributed by atoms with van der Waals surface area (Å²) in [7, 11) is 2.01. The van der Waals surface area contributed by atoms with Crippen molar-refractivity contribution < 1.29 is 0 Å². The highest BCUT2D eigenvalue weighted by Crippen LogP contribution is 2.40. The molecule has 0 bridgehead atoms. The Bertz CT molecular complexity index is 361. The Hall–Kier alpha value is -1.02. The van der Waals surface area contributed by atoms with E-state index in [4.69, 9.17) is 0 Å². The summed E-state index contributed by atoms with van der Waals surface area (Å²) in [6.45, 7) is 8.04. The molecule has 1 saturated heterocycles. The molecule has 2 nitrogen and oxygen atoms in total. The van der Waals surface area contributed by atoms with Crippen molar-refractivity contribution in [3.8, 4) is 0 Å². The van der Waals surface area contributed by atoms with E-state index in [0.29, 0.717) is 5.41 Å². The van der Waals surface area contributed by atoms with Crippen molar-refractivity contribution in [1.82, 2.24) is 5.32 Å². The number of anilines is 1. The summed E-state index contributed by atoms with van der Waals surface area (Å²) in [4.78, 5) is 2.53. The SMILES string of the molecule is CCC1(CC)CN(c2ccccc2CNC)C1. The lowest BCUT2D eigenvalue weighted by atomic mass is 9.75. The smallest absolute Gasteiger partial charge is 0.0412 e. The van der Waals surface area contributed by atoms with E-state index in [2.05, 4.69) is 48.3 Å². The maximum atomic E-state index is 3.25. The van der Waals surface area contributed by atoms with Crippen LogP contribution in [0.25, 0.3) is 0 Å². The van der Waals surface area contributed by atoms with Crippen LogP contribution in [0, 0.1) is 5.41 Å². The van der Waals surface area contributed by atoms with Crippen LogP contribution in [0.4, 0.5) is 5.69 Å². The quantitative estimate of drug-likeness (QED) is 0.839. The molecular weight excluding hydrogens is 208 g/mol. The van der Waals surface area contributed by atoms with E-state index >= 15 is 0 Å². The molecule has 1 aliphatic rings. The van der Waals surface area contributed by atoms with Crippen LogP contribution in [-0.2, 0) is 6.54 Å². The lowest BCUT2D eigenvalue weighted by molar-refractivity contribution is 0.194. The van der Waals surface area contributed by atoms with E-state index < -0.39 is 0 Å². The van der Waals surface area contributed by atoms with E-state index in [0.717, 1.165) is 6.54 Å². The standard InChI is InChI=1S/C15H24N2/c1-4-15(5-2)11-17(12-15)14-9-7-6-8-13(14)10-16-3/h6-9,16H,4-5,10-12H2,1-3H3. The number of hydrogen-bond acceptors (Lipinski definition) is 2. The van der Waals surface area contributed by atoms with Crippen LogP contribution >= 0.6 is 0 Å². The second-order valence-corrected chi connectivity index (χ2v) is 5.22. The fraction of sp³-hybridized carbons (Fsp3) is 0.600. The second-order valence-electron chi connectivity index (χ2n) is 5.22. The lowest BCUT2D eigenvalue weighted by Crippen LogP contribution is -2.56. The number of hydrogen-bond donors (Lipinski definition) is 1. The van der Waals surface area contributed by atoms with Crippen molar-refractivity contribution in [2.24, 2.45) is 5.41 Å². The predicted molar refractivity (Wildman–Crippen MR) is 74.4 cm³/mol. The average molecular weight is 232 g/mol. The average Bonchev–Trinajstić information content (AvgIpc) is 2.31. The Labute approximate surface area is 105 Å². The third kappa shape index (κ3) is 2.32. The number of benzene rings is 1. The summed E-state index contributed by atoms with van der Waals surface area (Å²) in [5, 5.41) is 3.25. The number of nitrogens with zero attached hydrogens (tertiary/aromatic N) is 1. The highest BCUT2D eigenvalue weighted by molar-refractivity contribution is 5.56. The van der Waals surface area contributed by atoms with Gasteiger partial charge >= 0.3 is 0 Å². The van der Waals surface area contributed by atoms with Gasteiger partial charge in [-0.1, -0.05) is 32.0 Å². The van der Waals surface area contributed by atoms with Gasteiger partial charge in [0.15, 0.2) is 0 Å². The van der Waals surface area contributed by atoms with Gasteiger partial charge in [0.05, 0.1) is 0 Å². The fourth-order valence-electron chi connectivity index (χ4n) is 2.79. The van der Waals surface area contributed by atoms with Crippen LogP contribution < -0.4 is 10.2 Å². The van der Waals surface area contributed by atoms with Gasteiger partial charge in [0.2, 0.25) is 0 Å². The maximum Gasteiger partial charge on any atom is 0.0412 e. The zero-order valence-electron chi connectivity index (χ0n) is 11.3. The number of nitrogens with one attached hydrogen (secondary N) is 1. The Morgan fingerprint density at radius 2 is 1.82 bits per heavy atom. The monoisotopic (exact) mass is 232 g/mol. The van der Waals surface area contributed by atoms with Crippen molar-refractivity contribution in [1.29, 1.82) is 0 Å². The minimum Gasteiger partial charge on any atom is -0.370 e. The molecule has 0 amide bonds. The van der Waals surface area contributed by atoms with Gasteiger partial charge in [-0.25, -0.2) is 0 Å². The number of para-hydroxylation sites is 1. The highest BCUT2D eigenvalue weighted by atomic mass is 15.2. The van der Waals surface area contributed by atoms with Crippen molar-refractivity contribution >= 4 is 5.69 Å². The van der Waals surface area contributed by atoms with Gasteiger partial charge in [-0.05, 0) is 31.5 Å². The maximum absolute atomic E-state index is 3.25. The van der Waals surface area contributed by atoms with Crippen LogP contribution in [-0.4, -0.2) is 20.1 Å². The molecule has 1 aliphatic heterocycles. The van der Waals surface area contributed by atoms with Crippen molar-refractivity contribution in [3.63, 3.8) is 0 Å². The van der Waals surface area contributed by atoms with Gasteiger partial charge in [-0.2, -0.15) is 0 Å². The van der Waals surface area contributed by atoms with Gasteiger partial charge < -0.3 is 10.2 Å². The summed E-state index contributed by atoms with van der Waals surface area (Å²) in [5.74, 6) is 0. The van der Waals surface area contributed by atoms with Crippen LogP contribution in [0.3, 0.4) is 0 Å². The minimum atomic E-state index is 0.576. The second kappa shape index (κ2) is 5.09. The molecule has 0 radical (unpaired) electrons. The molecule has 1 heterocycles. The molecule has 0 aromatic heterocycles. The summed E-state index contributed by atoms with van der Waals surface area (Å²) in [6.07, 6.45) is 2.60. The first kappa shape index (κ1) is 12.4. The largest absolute Gasteiger partial charge is 0.370 e. The van der Waals surface area contributed by atoms with E-state index in [9.17, 15) is 0 Å². The lowest BCUT2D eigenvalue weighted by Gasteiger charge is -2.51. The fourth-order valence-corrected chi connectivity index (χ4v) is 2.79. The predicted octanol–water partition coefficient (Wildman–Crippen LogP) is 3.03. The van der Waals surface area contributed by atoms with Gasteiger partial charge in [0.1, 0.15) is 0 Å². The van der Waals surface area contributed by atoms with Crippen molar-refractivity contribution in [2.75, 3.05) is 25.0 Å². The Balaban J connectivity index is 2.10. The van der Waals surface area contributed by atoms with Crippen LogP contribution in [0.2, 0.25) is 0 Å². The van der Waals surface area contributed by atoms with Crippen LogP contribution in [0.5, 0.6) is 0 Å². The number of rotatable bonds is 5. The topological polar surface area (TPSA) is 15.3 Å². The van der Waals surface area contributed by atoms with E-state index in [1.165, 1.54) is 37.2 Å².